The molecule has 5 heteroatoms. The summed E-state index contributed by atoms with van der Waals surface area (Å²) in [5.74, 6) is 0. The van der Waals surface area contributed by atoms with E-state index >= 15 is 0 Å². The molecule has 0 amide bonds. The molecule has 0 aliphatic rings. The van der Waals surface area contributed by atoms with Crippen molar-refractivity contribution in [3.8, 4) is 12.1 Å². The van der Waals surface area contributed by atoms with Crippen molar-refractivity contribution in [3.63, 3.8) is 0 Å². The van der Waals surface area contributed by atoms with Crippen molar-refractivity contribution < 1.29 is 0 Å². The van der Waals surface area contributed by atoms with Crippen LogP contribution in [0.1, 0.15) is 6.92 Å². The van der Waals surface area contributed by atoms with E-state index in [1.165, 1.54) is 6.92 Å². The summed E-state index contributed by atoms with van der Waals surface area (Å²) in [6.07, 6.45) is 0. The Hall–Kier alpha value is -1.72. The zero-order valence-electron chi connectivity index (χ0n) is 7.98. The van der Waals surface area contributed by atoms with Crippen molar-refractivity contribution >= 4 is 21.6 Å². The minimum Gasteiger partial charge on any atom is -0.194 e. The van der Waals surface area contributed by atoms with Gasteiger partial charge in [-0.15, -0.1) is 0 Å². The molecule has 0 aliphatic carbocycles. The molecule has 1 aromatic rings. The molecule has 0 bridgehead atoms. The van der Waals surface area contributed by atoms with Crippen molar-refractivity contribution in [2.24, 2.45) is 10.2 Å². The van der Waals surface area contributed by atoms with Gasteiger partial charge >= 0.3 is 0 Å². The number of hydrogen-bond donors (Lipinski definition) is 0. The Bertz CT molecular complexity index is 436. The van der Waals surface area contributed by atoms with Gasteiger partial charge in [0.2, 0.25) is 5.54 Å². The first-order valence-electron chi connectivity index (χ1n) is 4.10. The quantitative estimate of drug-likeness (QED) is 0.767. The van der Waals surface area contributed by atoms with Gasteiger partial charge < -0.3 is 0 Å². The first-order valence-corrected chi connectivity index (χ1v) is 4.90. The molecular weight excluding hydrogens is 256 g/mol. The highest BCUT2D eigenvalue weighted by Crippen LogP contribution is 2.19. The average molecular weight is 263 g/mol. The molecule has 0 aliphatic heterocycles. The van der Waals surface area contributed by atoms with Crippen molar-refractivity contribution in [3.05, 3.63) is 28.7 Å². The van der Waals surface area contributed by atoms with Crippen molar-refractivity contribution in [1.29, 1.82) is 10.5 Å². The summed E-state index contributed by atoms with van der Waals surface area (Å²) in [4.78, 5) is 0. The van der Waals surface area contributed by atoms with Gasteiger partial charge in [0.25, 0.3) is 0 Å². The molecular formula is C10H7BrN4. The highest BCUT2D eigenvalue weighted by molar-refractivity contribution is 9.10. The number of rotatable bonds is 2. The van der Waals surface area contributed by atoms with Crippen LogP contribution in [0.4, 0.5) is 5.69 Å². The summed E-state index contributed by atoms with van der Waals surface area (Å²) in [7, 11) is 0. The monoisotopic (exact) mass is 262 g/mol. The average Bonchev–Trinajstić information content (AvgIpc) is 2.28. The van der Waals surface area contributed by atoms with E-state index in [-0.39, 0.29) is 0 Å². The summed E-state index contributed by atoms with van der Waals surface area (Å²) < 4.78 is 0.935. The molecule has 74 valence electrons. The molecule has 0 radical (unpaired) electrons. The number of halogens is 1. The normalized spacial score (nSPS) is 10.9. The lowest BCUT2D eigenvalue weighted by Gasteiger charge is -2.02. The fourth-order valence-corrected chi connectivity index (χ4v) is 1.000. The summed E-state index contributed by atoms with van der Waals surface area (Å²) >= 11 is 3.29. The van der Waals surface area contributed by atoms with Crippen LogP contribution >= 0.6 is 15.9 Å². The Morgan fingerprint density at radius 3 is 2.20 bits per heavy atom. The molecule has 0 N–H and O–H groups in total. The predicted molar refractivity (Wildman–Crippen MR) is 58.3 cm³/mol. The van der Waals surface area contributed by atoms with Crippen LogP contribution in [0.25, 0.3) is 0 Å². The SMILES string of the molecule is CC(C#N)(C#N)N=Nc1ccc(Br)cc1. The third-order valence-corrected chi connectivity index (χ3v) is 2.16. The highest BCUT2D eigenvalue weighted by atomic mass is 79.9. The van der Waals surface area contributed by atoms with Crippen molar-refractivity contribution in [2.75, 3.05) is 0 Å². The Labute approximate surface area is 96.0 Å². The number of nitriles is 2. The van der Waals surface area contributed by atoms with Gasteiger partial charge in [0.1, 0.15) is 12.1 Å². The van der Waals surface area contributed by atoms with Crippen LogP contribution in [0.15, 0.2) is 39.0 Å². The predicted octanol–water partition coefficient (Wildman–Crippen LogP) is 3.34. The summed E-state index contributed by atoms with van der Waals surface area (Å²) in [5, 5.41) is 24.8. The smallest absolute Gasteiger partial charge is 0.194 e. The molecule has 0 heterocycles. The lowest BCUT2D eigenvalue weighted by molar-refractivity contribution is 0.720. The summed E-state index contributed by atoms with van der Waals surface area (Å²) in [5.41, 5.74) is -0.803. The van der Waals surface area contributed by atoms with E-state index in [2.05, 4.69) is 26.2 Å². The zero-order valence-corrected chi connectivity index (χ0v) is 9.56. The van der Waals surface area contributed by atoms with Crippen LogP contribution in [0, 0.1) is 22.7 Å². The molecule has 0 unspecified atom stereocenters. The van der Waals surface area contributed by atoms with Gasteiger partial charge in [0, 0.05) is 4.47 Å². The first kappa shape index (κ1) is 11.4. The van der Waals surface area contributed by atoms with Crippen molar-refractivity contribution in [2.45, 2.75) is 12.5 Å². The molecule has 1 aromatic carbocycles. The largest absolute Gasteiger partial charge is 0.249 e. The second-order valence-electron chi connectivity index (χ2n) is 2.97. The molecule has 1 rings (SSSR count). The minimum absolute atomic E-state index is 0.606. The van der Waals surface area contributed by atoms with Crippen molar-refractivity contribution in [1.82, 2.24) is 0 Å². The van der Waals surface area contributed by atoms with Gasteiger partial charge in [0.05, 0.1) is 5.69 Å². The number of nitrogens with zero attached hydrogens (tertiary/aromatic N) is 4. The van der Waals surface area contributed by atoms with Crippen LogP contribution in [0.5, 0.6) is 0 Å². The maximum atomic E-state index is 8.67. The van der Waals surface area contributed by atoms with Crippen LogP contribution < -0.4 is 0 Å². The van der Waals surface area contributed by atoms with E-state index in [9.17, 15) is 0 Å². The Morgan fingerprint density at radius 1 is 1.20 bits per heavy atom. The fraction of sp³-hybridized carbons (Fsp3) is 0.200. The van der Waals surface area contributed by atoms with E-state index < -0.39 is 5.54 Å². The van der Waals surface area contributed by atoms with Gasteiger partial charge in [-0.05, 0) is 31.2 Å². The van der Waals surface area contributed by atoms with Crippen LogP contribution in [0.2, 0.25) is 0 Å². The van der Waals surface area contributed by atoms with Gasteiger partial charge in [0.15, 0.2) is 0 Å². The van der Waals surface area contributed by atoms with E-state index in [1.807, 2.05) is 12.1 Å². The van der Waals surface area contributed by atoms with E-state index in [4.69, 9.17) is 10.5 Å². The number of hydrogen-bond acceptors (Lipinski definition) is 4. The van der Waals surface area contributed by atoms with Gasteiger partial charge in [-0.3, -0.25) is 0 Å². The molecule has 0 fully saturated rings. The molecule has 0 spiro atoms. The lowest BCUT2D eigenvalue weighted by Crippen LogP contribution is -2.14. The topological polar surface area (TPSA) is 72.3 Å². The number of azo groups is 1. The molecule has 4 nitrogen and oxygen atoms in total. The first-order chi connectivity index (χ1) is 7.09. The maximum absolute atomic E-state index is 8.67. The summed E-state index contributed by atoms with van der Waals surface area (Å²) in [6.45, 7) is 1.41. The fourth-order valence-electron chi connectivity index (χ4n) is 0.735. The molecule has 0 aromatic heterocycles. The lowest BCUT2D eigenvalue weighted by atomic mass is 10.1. The van der Waals surface area contributed by atoms with Gasteiger partial charge in [-0.2, -0.15) is 20.8 Å². The maximum Gasteiger partial charge on any atom is 0.249 e. The highest BCUT2D eigenvalue weighted by Gasteiger charge is 2.21. The second kappa shape index (κ2) is 4.68. The van der Waals surface area contributed by atoms with E-state index in [0.29, 0.717) is 5.69 Å². The Morgan fingerprint density at radius 2 is 1.73 bits per heavy atom. The van der Waals surface area contributed by atoms with Gasteiger partial charge in [-0.25, -0.2) is 0 Å². The standard InChI is InChI=1S/C10H7BrN4/c1-10(6-12,7-13)15-14-9-4-2-8(11)3-5-9/h2-5H,1H3. The van der Waals surface area contributed by atoms with E-state index in [0.717, 1.165) is 4.47 Å². The zero-order chi connectivity index (χ0) is 11.3. The van der Waals surface area contributed by atoms with Crippen LogP contribution in [0.3, 0.4) is 0 Å². The van der Waals surface area contributed by atoms with Crippen LogP contribution in [-0.4, -0.2) is 5.54 Å². The molecule has 15 heavy (non-hydrogen) atoms. The third kappa shape index (κ3) is 3.16. The van der Waals surface area contributed by atoms with E-state index in [1.54, 1.807) is 24.3 Å². The Kier molecular flexibility index (Phi) is 3.54. The molecule has 0 saturated carbocycles. The molecule has 0 atom stereocenters. The Balaban J connectivity index is 2.88. The van der Waals surface area contributed by atoms with Crippen LogP contribution in [-0.2, 0) is 0 Å². The number of benzene rings is 1. The minimum atomic E-state index is -1.41. The van der Waals surface area contributed by atoms with Gasteiger partial charge in [-0.1, -0.05) is 15.9 Å². The molecule has 0 saturated heterocycles. The summed E-state index contributed by atoms with van der Waals surface area (Å²) in [6, 6.07) is 10.7. The third-order valence-electron chi connectivity index (χ3n) is 1.63. The second-order valence-corrected chi connectivity index (χ2v) is 3.89.